The number of rotatable bonds is 4. The van der Waals surface area contributed by atoms with Crippen molar-refractivity contribution >= 4 is 22.5 Å². The van der Waals surface area contributed by atoms with Crippen molar-refractivity contribution in [2.75, 3.05) is 6.54 Å². The molecule has 0 aliphatic rings. The topological polar surface area (TPSA) is 53.8 Å². The lowest BCUT2D eigenvalue weighted by Gasteiger charge is -2.04. The largest absolute Gasteiger partial charge is 0.382 e. The van der Waals surface area contributed by atoms with Gasteiger partial charge in [0.05, 0.1) is 6.54 Å². The van der Waals surface area contributed by atoms with Gasteiger partial charge in [-0.3, -0.25) is 0 Å². The smallest absolute Gasteiger partial charge is 0.0548 e. The summed E-state index contributed by atoms with van der Waals surface area (Å²) in [6.07, 6.45) is 0. The molecule has 0 fully saturated rings. The Morgan fingerprint density at radius 1 is 1.37 bits per heavy atom. The van der Waals surface area contributed by atoms with Gasteiger partial charge in [-0.1, -0.05) is 32.0 Å². The molecule has 0 radical (unpaired) electrons. The van der Waals surface area contributed by atoms with E-state index in [9.17, 15) is 0 Å². The summed E-state index contributed by atoms with van der Waals surface area (Å²) in [4.78, 5) is 3.34. The fraction of sp³-hybridized carbons (Fsp3) is 0.333. The molecular formula is C15H22ClN3. The van der Waals surface area contributed by atoms with Crippen LogP contribution >= 0.6 is 11.6 Å². The van der Waals surface area contributed by atoms with Gasteiger partial charge in [0.2, 0.25) is 0 Å². The van der Waals surface area contributed by atoms with Crippen molar-refractivity contribution in [3.8, 4) is 0 Å². The van der Waals surface area contributed by atoms with Crippen LogP contribution in [0.4, 0.5) is 0 Å². The van der Waals surface area contributed by atoms with Crippen LogP contribution < -0.4 is 11.1 Å². The first-order chi connectivity index (χ1) is 9.10. The quantitative estimate of drug-likeness (QED) is 0.799. The third kappa shape index (κ3) is 4.01. The van der Waals surface area contributed by atoms with Crippen molar-refractivity contribution in [2.45, 2.75) is 27.3 Å². The highest BCUT2D eigenvalue weighted by atomic mass is 35.5. The van der Waals surface area contributed by atoms with Crippen molar-refractivity contribution in [2.24, 2.45) is 5.73 Å². The minimum absolute atomic E-state index is 0.450. The van der Waals surface area contributed by atoms with Crippen molar-refractivity contribution in [3.05, 3.63) is 46.8 Å². The van der Waals surface area contributed by atoms with Crippen molar-refractivity contribution in [3.63, 3.8) is 0 Å². The van der Waals surface area contributed by atoms with Crippen molar-refractivity contribution in [1.29, 1.82) is 0 Å². The average Bonchev–Trinajstić information content (AvgIpc) is 2.80. The molecule has 0 spiro atoms. The minimum Gasteiger partial charge on any atom is -0.382 e. The number of aromatic nitrogens is 1. The molecule has 3 nitrogen and oxygen atoms in total. The fourth-order valence-corrected chi connectivity index (χ4v) is 1.88. The first-order valence-electron chi connectivity index (χ1n) is 6.49. The van der Waals surface area contributed by atoms with E-state index in [-0.39, 0.29) is 0 Å². The van der Waals surface area contributed by atoms with E-state index >= 15 is 0 Å². The Hall–Kier alpha value is -1.45. The van der Waals surface area contributed by atoms with Crippen LogP contribution in [0.15, 0.2) is 30.5 Å². The molecule has 0 aliphatic carbocycles. The van der Waals surface area contributed by atoms with E-state index in [1.807, 2.05) is 26.8 Å². The standard InChI is InChI=1S/C13H16ClN3.C2H6/c1-8-3-13-10(5-12(8)14)4-11(17-13)7-16-9(2)6-15;1-2/h3-5,16-17H,2,6-7,15H2,1H3;1-2H3. The molecule has 104 valence electrons. The van der Waals surface area contributed by atoms with Crippen LogP contribution in [-0.4, -0.2) is 11.5 Å². The molecule has 4 N–H and O–H groups in total. The van der Waals surface area contributed by atoms with Crippen molar-refractivity contribution < 1.29 is 0 Å². The summed E-state index contributed by atoms with van der Waals surface area (Å²) in [5.74, 6) is 0. The van der Waals surface area contributed by atoms with Gasteiger partial charge >= 0.3 is 0 Å². The Balaban J connectivity index is 0.000000861. The van der Waals surface area contributed by atoms with Crippen LogP contribution in [0.2, 0.25) is 5.02 Å². The van der Waals surface area contributed by atoms with E-state index in [2.05, 4.69) is 29.0 Å². The predicted molar refractivity (Wildman–Crippen MR) is 84.4 cm³/mol. The second-order valence-corrected chi connectivity index (χ2v) is 4.55. The third-order valence-corrected chi connectivity index (χ3v) is 3.14. The summed E-state index contributed by atoms with van der Waals surface area (Å²) in [6.45, 7) is 10.9. The molecule has 0 aliphatic heterocycles. The van der Waals surface area contributed by atoms with Gasteiger partial charge in [-0.2, -0.15) is 0 Å². The Labute approximate surface area is 119 Å². The lowest BCUT2D eigenvalue weighted by atomic mass is 10.2. The zero-order chi connectivity index (χ0) is 14.4. The number of nitrogens with two attached hydrogens (primary N) is 1. The van der Waals surface area contributed by atoms with Gasteiger partial charge in [0.15, 0.2) is 0 Å². The molecule has 0 saturated heterocycles. The number of fused-ring (bicyclic) bond motifs is 1. The van der Waals surface area contributed by atoms with Crippen LogP contribution in [0.5, 0.6) is 0 Å². The number of nitrogens with one attached hydrogen (secondary N) is 2. The third-order valence-electron chi connectivity index (χ3n) is 2.73. The minimum atomic E-state index is 0.450. The SMILES string of the molecule is C=C(CN)NCc1cc2cc(Cl)c(C)cc2[nH]1.CC. The number of halogens is 1. The highest BCUT2D eigenvalue weighted by molar-refractivity contribution is 6.32. The summed E-state index contributed by atoms with van der Waals surface area (Å²) in [6, 6.07) is 6.11. The van der Waals surface area contributed by atoms with Crippen molar-refractivity contribution in [1.82, 2.24) is 10.3 Å². The van der Waals surface area contributed by atoms with E-state index in [4.69, 9.17) is 17.3 Å². The highest BCUT2D eigenvalue weighted by Crippen LogP contribution is 2.23. The second kappa shape index (κ2) is 7.22. The zero-order valence-corrected chi connectivity index (χ0v) is 12.6. The van der Waals surface area contributed by atoms with E-state index in [1.165, 1.54) is 0 Å². The average molecular weight is 280 g/mol. The monoisotopic (exact) mass is 279 g/mol. The van der Waals surface area contributed by atoms with Crippen LogP contribution in [0.1, 0.15) is 25.1 Å². The first kappa shape index (κ1) is 15.6. The molecule has 4 heteroatoms. The molecule has 0 amide bonds. The zero-order valence-electron chi connectivity index (χ0n) is 11.8. The lowest BCUT2D eigenvalue weighted by Crippen LogP contribution is -2.18. The molecule has 0 unspecified atom stereocenters. The van der Waals surface area contributed by atoms with E-state index < -0.39 is 0 Å². The molecule has 0 atom stereocenters. The second-order valence-electron chi connectivity index (χ2n) is 4.14. The van der Waals surface area contributed by atoms with Gasteiger partial charge in [-0.05, 0) is 30.7 Å². The predicted octanol–water partition coefficient (Wildman–Crippen LogP) is 3.72. The number of aromatic amines is 1. The van der Waals surface area contributed by atoms with Gasteiger partial charge in [-0.15, -0.1) is 0 Å². The molecule has 1 aromatic carbocycles. The normalized spacial score (nSPS) is 9.95. The number of benzene rings is 1. The maximum Gasteiger partial charge on any atom is 0.0548 e. The number of hydrogen-bond acceptors (Lipinski definition) is 2. The molecule has 1 aromatic heterocycles. The lowest BCUT2D eigenvalue weighted by molar-refractivity contribution is 0.776. The highest BCUT2D eigenvalue weighted by Gasteiger charge is 2.04. The van der Waals surface area contributed by atoms with E-state index in [0.717, 1.165) is 32.9 Å². The molecule has 0 bridgehead atoms. The van der Waals surface area contributed by atoms with E-state index in [0.29, 0.717) is 13.1 Å². The van der Waals surface area contributed by atoms with Gasteiger partial charge in [0.25, 0.3) is 0 Å². The summed E-state index contributed by atoms with van der Waals surface area (Å²) in [5, 5.41) is 5.07. The molecule has 0 saturated carbocycles. The Bertz CT molecular complexity index is 519. The molecule has 1 heterocycles. The number of hydrogen-bond donors (Lipinski definition) is 3. The van der Waals surface area contributed by atoms with Gasteiger partial charge in [0.1, 0.15) is 0 Å². The van der Waals surface area contributed by atoms with Crippen LogP contribution in [0.3, 0.4) is 0 Å². The Morgan fingerprint density at radius 2 is 2.05 bits per heavy atom. The summed E-state index contributed by atoms with van der Waals surface area (Å²) in [7, 11) is 0. The van der Waals surface area contributed by atoms with Gasteiger partial charge in [0, 0.05) is 33.9 Å². The van der Waals surface area contributed by atoms with Crippen LogP contribution in [-0.2, 0) is 6.54 Å². The molecule has 2 rings (SSSR count). The van der Waals surface area contributed by atoms with Crippen LogP contribution in [0.25, 0.3) is 10.9 Å². The first-order valence-corrected chi connectivity index (χ1v) is 6.87. The molecular weight excluding hydrogens is 258 g/mol. The van der Waals surface area contributed by atoms with E-state index in [1.54, 1.807) is 0 Å². The molecule has 2 aromatic rings. The maximum atomic E-state index is 6.09. The fourth-order valence-electron chi connectivity index (χ4n) is 1.71. The summed E-state index contributed by atoms with van der Waals surface area (Å²) in [5.41, 5.74) is 9.56. The number of aryl methyl sites for hydroxylation is 1. The Kier molecular flexibility index (Phi) is 5.93. The Morgan fingerprint density at radius 3 is 2.68 bits per heavy atom. The van der Waals surface area contributed by atoms with Gasteiger partial charge < -0.3 is 16.0 Å². The van der Waals surface area contributed by atoms with Crippen LogP contribution in [0, 0.1) is 6.92 Å². The summed E-state index contributed by atoms with van der Waals surface area (Å²) >= 11 is 6.09. The number of H-pyrrole nitrogens is 1. The van der Waals surface area contributed by atoms with Gasteiger partial charge in [-0.25, -0.2) is 0 Å². The maximum absolute atomic E-state index is 6.09. The summed E-state index contributed by atoms with van der Waals surface area (Å²) < 4.78 is 0. The molecule has 19 heavy (non-hydrogen) atoms.